The van der Waals surface area contributed by atoms with Crippen LogP contribution in [0, 0.1) is 0 Å². The van der Waals surface area contributed by atoms with E-state index < -0.39 is 0 Å². The first-order chi connectivity index (χ1) is 8.66. The largest absolute Gasteiger partial charge is 0.324 e. The van der Waals surface area contributed by atoms with Crippen molar-refractivity contribution in [2.45, 2.75) is 13.0 Å². The summed E-state index contributed by atoms with van der Waals surface area (Å²) in [6.07, 6.45) is 0. The predicted octanol–water partition coefficient (Wildman–Crippen LogP) is 1.68. The SMILES string of the molecule is CC1CNCCN1CC(=O)Nc1ccccc1Br. The number of rotatable bonds is 3. The van der Waals surface area contributed by atoms with Gasteiger partial charge in [0, 0.05) is 30.1 Å². The third-order valence-electron chi connectivity index (χ3n) is 3.13. The summed E-state index contributed by atoms with van der Waals surface area (Å²) in [7, 11) is 0. The van der Waals surface area contributed by atoms with Gasteiger partial charge in [0.15, 0.2) is 0 Å². The van der Waals surface area contributed by atoms with Gasteiger partial charge >= 0.3 is 0 Å². The van der Waals surface area contributed by atoms with E-state index in [9.17, 15) is 4.79 Å². The second-order valence-electron chi connectivity index (χ2n) is 4.55. The molecular weight excluding hydrogens is 294 g/mol. The topological polar surface area (TPSA) is 44.4 Å². The van der Waals surface area contributed by atoms with Gasteiger partial charge in [0.2, 0.25) is 5.91 Å². The summed E-state index contributed by atoms with van der Waals surface area (Å²) in [6, 6.07) is 8.06. The zero-order chi connectivity index (χ0) is 13.0. The molecule has 1 saturated heterocycles. The second-order valence-corrected chi connectivity index (χ2v) is 5.41. The molecule has 5 heteroatoms. The normalized spacial score (nSPS) is 20.7. The van der Waals surface area contributed by atoms with Gasteiger partial charge in [0.1, 0.15) is 0 Å². The van der Waals surface area contributed by atoms with E-state index in [1.807, 2.05) is 24.3 Å². The fraction of sp³-hybridized carbons (Fsp3) is 0.462. The fourth-order valence-corrected chi connectivity index (χ4v) is 2.44. The van der Waals surface area contributed by atoms with Crippen LogP contribution in [0.25, 0.3) is 0 Å². The lowest BCUT2D eigenvalue weighted by atomic mass is 10.2. The Labute approximate surface area is 116 Å². The zero-order valence-corrected chi connectivity index (χ0v) is 12.0. The van der Waals surface area contributed by atoms with Crippen LogP contribution in [-0.4, -0.2) is 43.0 Å². The number of nitrogens with zero attached hydrogens (tertiary/aromatic N) is 1. The third kappa shape index (κ3) is 3.54. The van der Waals surface area contributed by atoms with Crippen LogP contribution in [0.3, 0.4) is 0 Å². The van der Waals surface area contributed by atoms with Crippen molar-refractivity contribution in [3.63, 3.8) is 0 Å². The van der Waals surface area contributed by atoms with Gasteiger partial charge in [0.05, 0.1) is 12.2 Å². The van der Waals surface area contributed by atoms with Crippen LogP contribution >= 0.6 is 15.9 Å². The molecular formula is C13H18BrN3O. The van der Waals surface area contributed by atoms with E-state index in [4.69, 9.17) is 0 Å². The number of anilines is 1. The number of carbonyl (C=O) groups is 1. The predicted molar refractivity (Wildman–Crippen MR) is 76.7 cm³/mol. The average Bonchev–Trinajstić information content (AvgIpc) is 2.35. The van der Waals surface area contributed by atoms with Crippen molar-refractivity contribution in [2.24, 2.45) is 0 Å². The molecule has 1 heterocycles. The van der Waals surface area contributed by atoms with Gasteiger partial charge in [-0.3, -0.25) is 9.69 Å². The summed E-state index contributed by atoms with van der Waals surface area (Å²) in [6.45, 7) is 5.40. The second kappa shape index (κ2) is 6.31. The van der Waals surface area contributed by atoms with E-state index in [2.05, 4.69) is 38.4 Å². The van der Waals surface area contributed by atoms with Crippen LogP contribution in [0.15, 0.2) is 28.7 Å². The molecule has 0 radical (unpaired) electrons. The monoisotopic (exact) mass is 311 g/mol. The lowest BCUT2D eigenvalue weighted by Gasteiger charge is -2.33. The van der Waals surface area contributed by atoms with Gasteiger partial charge in [-0.05, 0) is 35.0 Å². The quantitative estimate of drug-likeness (QED) is 0.892. The molecule has 0 aliphatic carbocycles. The molecule has 0 spiro atoms. The number of benzene rings is 1. The van der Waals surface area contributed by atoms with Crippen LogP contribution in [0.1, 0.15) is 6.92 Å². The smallest absolute Gasteiger partial charge is 0.238 e. The van der Waals surface area contributed by atoms with Crippen molar-refractivity contribution in [2.75, 3.05) is 31.5 Å². The summed E-state index contributed by atoms with van der Waals surface area (Å²) in [5.41, 5.74) is 0.824. The standard InChI is InChI=1S/C13H18BrN3O/c1-10-8-15-6-7-17(10)9-13(18)16-12-5-3-2-4-11(12)14/h2-5,10,15H,6-9H2,1H3,(H,16,18). The number of hydrogen-bond acceptors (Lipinski definition) is 3. The van der Waals surface area contributed by atoms with E-state index in [1.165, 1.54) is 0 Å². The maximum atomic E-state index is 12.0. The molecule has 0 saturated carbocycles. The number of halogens is 1. The molecule has 1 aliphatic heterocycles. The van der Waals surface area contributed by atoms with Gasteiger partial charge in [-0.25, -0.2) is 0 Å². The Bertz CT molecular complexity index is 424. The Morgan fingerprint density at radius 3 is 3.06 bits per heavy atom. The number of amides is 1. The van der Waals surface area contributed by atoms with Gasteiger partial charge in [-0.15, -0.1) is 0 Å². The highest BCUT2D eigenvalue weighted by Crippen LogP contribution is 2.21. The maximum Gasteiger partial charge on any atom is 0.238 e. The zero-order valence-electron chi connectivity index (χ0n) is 10.4. The Morgan fingerprint density at radius 1 is 1.56 bits per heavy atom. The summed E-state index contributed by atoms with van der Waals surface area (Å²) < 4.78 is 0.909. The molecule has 1 amide bonds. The highest BCUT2D eigenvalue weighted by Gasteiger charge is 2.20. The van der Waals surface area contributed by atoms with Crippen LogP contribution in [0.4, 0.5) is 5.69 Å². The molecule has 4 nitrogen and oxygen atoms in total. The molecule has 1 aromatic rings. The van der Waals surface area contributed by atoms with Crippen molar-refractivity contribution in [3.05, 3.63) is 28.7 Å². The molecule has 1 unspecified atom stereocenters. The minimum absolute atomic E-state index is 0.0376. The lowest BCUT2D eigenvalue weighted by Crippen LogP contribution is -2.51. The maximum absolute atomic E-state index is 12.0. The Kier molecular flexibility index (Phi) is 4.74. The Morgan fingerprint density at radius 2 is 2.33 bits per heavy atom. The molecule has 0 bridgehead atoms. The van der Waals surface area contributed by atoms with Crippen molar-refractivity contribution >= 4 is 27.5 Å². The van der Waals surface area contributed by atoms with Gasteiger partial charge in [-0.1, -0.05) is 12.1 Å². The summed E-state index contributed by atoms with van der Waals surface area (Å²) in [5.74, 6) is 0.0376. The van der Waals surface area contributed by atoms with E-state index in [0.29, 0.717) is 12.6 Å². The van der Waals surface area contributed by atoms with Crippen LogP contribution in [-0.2, 0) is 4.79 Å². The van der Waals surface area contributed by atoms with E-state index in [1.54, 1.807) is 0 Å². The van der Waals surface area contributed by atoms with Crippen LogP contribution < -0.4 is 10.6 Å². The average molecular weight is 312 g/mol. The molecule has 0 aromatic heterocycles. The van der Waals surface area contributed by atoms with Crippen molar-refractivity contribution in [3.8, 4) is 0 Å². The van der Waals surface area contributed by atoms with Crippen LogP contribution in [0.5, 0.6) is 0 Å². The molecule has 2 rings (SSSR count). The van der Waals surface area contributed by atoms with Gasteiger partial charge in [-0.2, -0.15) is 0 Å². The molecule has 2 N–H and O–H groups in total. The minimum Gasteiger partial charge on any atom is -0.324 e. The number of para-hydroxylation sites is 1. The number of nitrogens with one attached hydrogen (secondary N) is 2. The molecule has 1 atom stereocenters. The first-order valence-corrected chi connectivity index (χ1v) is 6.95. The molecule has 1 fully saturated rings. The lowest BCUT2D eigenvalue weighted by molar-refractivity contribution is -0.118. The van der Waals surface area contributed by atoms with E-state index in [0.717, 1.165) is 29.8 Å². The van der Waals surface area contributed by atoms with Crippen molar-refractivity contribution in [1.29, 1.82) is 0 Å². The van der Waals surface area contributed by atoms with Gasteiger partial charge in [0.25, 0.3) is 0 Å². The highest BCUT2D eigenvalue weighted by atomic mass is 79.9. The van der Waals surface area contributed by atoms with Crippen molar-refractivity contribution < 1.29 is 4.79 Å². The first kappa shape index (κ1) is 13.5. The number of hydrogen-bond donors (Lipinski definition) is 2. The fourth-order valence-electron chi connectivity index (χ4n) is 2.05. The number of piperazine rings is 1. The third-order valence-corrected chi connectivity index (χ3v) is 3.83. The molecule has 1 aromatic carbocycles. The Hall–Kier alpha value is -0.910. The molecule has 18 heavy (non-hydrogen) atoms. The molecule has 98 valence electrons. The van der Waals surface area contributed by atoms with E-state index in [-0.39, 0.29) is 5.91 Å². The summed E-state index contributed by atoms with van der Waals surface area (Å²) >= 11 is 3.42. The minimum atomic E-state index is 0.0376. The van der Waals surface area contributed by atoms with Gasteiger partial charge < -0.3 is 10.6 Å². The van der Waals surface area contributed by atoms with Crippen molar-refractivity contribution in [1.82, 2.24) is 10.2 Å². The number of carbonyl (C=O) groups excluding carboxylic acids is 1. The highest BCUT2D eigenvalue weighted by molar-refractivity contribution is 9.10. The first-order valence-electron chi connectivity index (χ1n) is 6.16. The molecule has 1 aliphatic rings. The van der Waals surface area contributed by atoms with Crippen LogP contribution in [0.2, 0.25) is 0 Å². The summed E-state index contributed by atoms with van der Waals surface area (Å²) in [4.78, 5) is 14.2. The summed E-state index contributed by atoms with van der Waals surface area (Å²) in [5, 5.41) is 6.25. The Balaban J connectivity index is 1.90. The van der Waals surface area contributed by atoms with E-state index >= 15 is 0 Å².